The lowest BCUT2D eigenvalue weighted by Crippen LogP contribution is -2.48. The van der Waals surface area contributed by atoms with Gasteiger partial charge in [-0.05, 0) is 43.0 Å². The van der Waals surface area contributed by atoms with Crippen molar-refractivity contribution in [3.05, 3.63) is 64.7 Å². The van der Waals surface area contributed by atoms with E-state index in [0.717, 1.165) is 36.3 Å². The maximum atomic E-state index is 13.5. The Hall–Kier alpha value is -2.09. The molecule has 2 unspecified atom stereocenters. The van der Waals surface area contributed by atoms with Crippen LogP contribution in [0.25, 0.3) is 0 Å². The summed E-state index contributed by atoms with van der Waals surface area (Å²) in [4.78, 5) is 15.6. The van der Waals surface area contributed by atoms with Gasteiger partial charge in [0.05, 0.1) is 10.7 Å². The minimum Gasteiger partial charge on any atom is -0.367 e. The van der Waals surface area contributed by atoms with Crippen molar-refractivity contribution in [1.82, 2.24) is 9.21 Å². The van der Waals surface area contributed by atoms with Crippen molar-refractivity contribution in [2.45, 2.75) is 44.5 Å². The smallest absolute Gasteiger partial charge is 0.221 e. The minimum atomic E-state index is -3.48. The van der Waals surface area contributed by atoms with E-state index >= 15 is 0 Å². The molecule has 2 atom stereocenters. The summed E-state index contributed by atoms with van der Waals surface area (Å²) >= 11 is 6.62. The average Bonchev–Trinajstić information content (AvgIpc) is 2.77. The summed E-state index contributed by atoms with van der Waals surface area (Å²) in [5, 5.41) is 0.104. The fraction of sp³-hybridized carbons (Fsp3) is 0.458. The van der Waals surface area contributed by atoms with Crippen molar-refractivity contribution in [3.63, 3.8) is 0 Å². The van der Waals surface area contributed by atoms with Crippen LogP contribution >= 0.6 is 11.6 Å². The summed E-state index contributed by atoms with van der Waals surface area (Å²) in [6.45, 7) is 6.70. The molecule has 0 bridgehead atoms. The highest BCUT2D eigenvalue weighted by Crippen LogP contribution is 2.38. The van der Waals surface area contributed by atoms with Crippen molar-refractivity contribution in [2.75, 3.05) is 31.1 Å². The number of nitrogens with zero attached hydrogens (tertiary/aromatic N) is 3. The molecule has 0 saturated carbocycles. The molecule has 2 aliphatic heterocycles. The lowest BCUT2D eigenvalue weighted by atomic mass is 10.0. The molecule has 0 N–H and O–H groups in total. The Morgan fingerprint density at radius 1 is 1.03 bits per heavy atom. The molecule has 2 aromatic carbocycles. The Balaban J connectivity index is 1.51. The lowest BCUT2D eigenvalue weighted by molar-refractivity contribution is -0.129. The Kier molecular flexibility index (Phi) is 6.79. The van der Waals surface area contributed by atoms with Gasteiger partial charge in [-0.1, -0.05) is 48.0 Å². The molecule has 2 aromatic rings. The van der Waals surface area contributed by atoms with Crippen molar-refractivity contribution >= 4 is 33.2 Å². The normalized spacial score (nSPS) is 23.8. The van der Waals surface area contributed by atoms with E-state index in [0.29, 0.717) is 31.1 Å². The zero-order chi connectivity index (χ0) is 22.9. The van der Waals surface area contributed by atoms with Crippen LogP contribution in [0.5, 0.6) is 0 Å². The number of benzene rings is 2. The quantitative estimate of drug-likeness (QED) is 0.669. The van der Waals surface area contributed by atoms with E-state index in [1.165, 1.54) is 0 Å². The zero-order valence-corrected chi connectivity index (χ0v) is 20.1. The molecule has 6 nitrogen and oxygen atoms in total. The van der Waals surface area contributed by atoms with E-state index in [4.69, 9.17) is 11.6 Å². The number of carbonyl (C=O) groups excluding carboxylic acids is 1. The number of hydrogen-bond donors (Lipinski definition) is 0. The van der Waals surface area contributed by atoms with Crippen molar-refractivity contribution < 1.29 is 13.2 Å². The Morgan fingerprint density at radius 2 is 1.72 bits per heavy atom. The third-order valence-corrected chi connectivity index (χ3v) is 9.28. The average molecular weight is 476 g/mol. The highest BCUT2D eigenvalue weighted by atomic mass is 35.5. The third kappa shape index (κ3) is 4.65. The van der Waals surface area contributed by atoms with Gasteiger partial charge in [0.1, 0.15) is 5.25 Å². The molecule has 0 aliphatic carbocycles. The summed E-state index contributed by atoms with van der Waals surface area (Å²) in [5.74, 6) is 0.0942. The van der Waals surface area contributed by atoms with Crippen LogP contribution in [-0.2, 0) is 21.4 Å². The van der Waals surface area contributed by atoms with Crippen LogP contribution in [-0.4, -0.2) is 55.8 Å². The van der Waals surface area contributed by atoms with Gasteiger partial charge in [-0.2, -0.15) is 4.31 Å². The molecule has 172 valence electrons. The molecule has 32 heavy (non-hydrogen) atoms. The molecule has 2 heterocycles. The highest BCUT2D eigenvalue weighted by molar-refractivity contribution is 7.89. The second kappa shape index (κ2) is 9.41. The standard InChI is InChI=1S/C24H30ClN3O3S/c1-18-8-11-24(21-6-4-3-5-7-21)32(30,31)28(18)17-20-9-10-23(22(25)16-20)27-14-12-26(13-15-27)19(2)29/h3-7,9-10,16,18,24H,8,11-15,17H2,1-2H3. The van der Waals surface area contributed by atoms with Gasteiger partial charge < -0.3 is 9.80 Å². The van der Waals surface area contributed by atoms with Crippen LogP contribution in [0.3, 0.4) is 0 Å². The van der Waals surface area contributed by atoms with Gasteiger partial charge in [0.15, 0.2) is 0 Å². The van der Waals surface area contributed by atoms with Gasteiger partial charge >= 0.3 is 0 Å². The number of hydrogen-bond acceptors (Lipinski definition) is 4. The fourth-order valence-corrected chi connectivity index (χ4v) is 7.22. The van der Waals surface area contributed by atoms with Crippen LogP contribution in [0, 0.1) is 0 Å². The molecule has 0 aromatic heterocycles. The van der Waals surface area contributed by atoms with E-state index in [1.54, 1.807) is 11.2 Å². The van der Waals surface area contributed by atoms with E-state index < -0.39 is 15.3 Å². The topological polar surface area (TPSA) is 60.9 Å². The molecule has 0 spiro atoms. The van der Waals surface area contributed by atoms with Crippen LogP contribution in [0.1, 0.15) is 43.1 Å². The molecule has 2 aliphatic rings. The third-order valence-electron chi connectivity index (χ3n) is 6.61. The van der Waals surface area contributed by atoms with Crippen LogP contribution in [0.15, 0.2) is 48.5 Å². The number of piperazine rings is 1. The first-order chi connectivity index (χ1) is 15.3. The minimum absolute atomic E-state index is 0.0573. The van der Waals surface area contributed by atoms with E-state index in [-0.39, 0.29) is 11.9 Å². The lowest BCUT2D eigenvalue weighted by Gasteiger charge is -2.38. The number of halogens is 1. The maximum Gasteiger partial charge on any atom is 0.221 e. The molecular formula is C24H30ClN3O3S. The number of carbonyl (C=O) groups is 1. The van der Waals surface area contributed by atoms with E-state index in [9.17, 15) is 13.2 Å². The van der Waals surface area contributed by atoms with Crippen LogP contribution in [0.2, 0.25) is 5.02 Å². The molecule has 1 amide bonds. The Bertz CT molecular complexity index is 1070. The summed E-state index contributed by atoms with van der Waals surface area (Å²) < 4.78 is 28.6. The molecule has 8 heteroatoms. The first-order valence-electron chi connectivity index (χ1n) is 11.1. The molecule has 4 rings (SSSR count). The summed E-state index contributed by atoms with van der Waals surface area (Å²) in [7, 11) is -3.48. The summed E-state index contributed by atoms with van der Waals surface area (Å²) in [6, 6.07) is 15.2. The van der Waals surface area contributed by atoms with E-state index in [1.807, 2.05) is 60.4 Å². The molecule has 2 saturated heterocycles. The first kappa shape index (κ1) is 23.1. The van der Waals surface area contributed by atoms with Crippen molar-refractivity contribution in [1.29, 1.82) is 0 Å². The fourth-order valence-electron chi connectivity index (χ4n) is 4.70. The van der Waals surface area contributed by atoms with Gasteiger partial charge in [0.2, 0.25) is 15.9 Å². The molecule has 2 fully saturated rings. The Morgan fingerprint density at radius 3 is 2.34 bits per heavy atom. The van der Waals surface area contributed by atoms with Crippen LogP contribution < -0.4 is 4.90 Å². The molecular weight excluding hydrogens is 446 g/mol. The molecule has 0 radical (unpaired) electrons. The Labute approximate surface area is 195 Å². The monoisotopic (exact) mass is 475 g/mol. The van der Waals surface area contributed by atoms with Crippen LogP contribution in [0.4, 0.5) is 5.69 Å². The van der Waals surface area contributed by atoms with Gasteiger partial charge in [-0.25, -0.2) is 8.42 Å². The highest BCUT2D eigenvalue weighted by Gasteiger charge is 2.40. The van der Waals surface area contributed by atoms with Gasteiger partial charge in [-0.3, -0.25) is 4.79 Å². The number of amides is 1. The van der Waals surface area contributed by atoms with Gasteiger partial charge in [-0.15, -0.1) is 0 Å². The maximum absolute atomic E-state index is 13.5. The van der Waals surface area contributed by atoms with Gasteiger partial charge in [0, 0.05) is 45.7 Å². The van der Waals surface area contributed by atoms with Crippen molar-refractivity contribution in [3.8, 4) is 0 Å². The van der Waals surface area contributed by atoms with Gasteiger partial charge in [0.25, 0.3) is 0 Å². The number of anilines is 1. The largest absolute Gasteiger partial charge is 0.367 e. The predicted octanol–water partition coefficient (Wildman–Crippen LogP) is 4.06. The SMILES string of the molecule is CC(=O)N1CCN(c2ccc(CN3C(C)CCC(c4ccccc4)S3(=O)=O)cc2Cl)CC1. The second-order valence-corrected chi connectivity index (χ2v) is 11.2. The number of rotatable bonds is 4. The second-order valence-electron chi connectivity index (χ2n) is 8.69. The van der Waals surface area contributed by atoms with E-state index in [2.05, 4.69) is 4.90 Å². The zero-order valence-electron chi connectivity index (χ0n) is 18.6. The summed E-state index contributed by atoms with van der Waals surface area (Å²) in [6.07, 6.45) is 1.46. The first-order valence-corrected chi connectivity index (χ1v) is 13.0. The summed E-state index contributed by atoms with van der Waals surface area (Å²) in [5.41, 5.74) is 2.66. The number of sulfonamides is 1. The predicted molar refractivity (Wildman–Crippen MR) is 128 cm³/mol. The van der Waals surface area contributed by atoms with Crippen molar-refractivity contribution in [2.24, 2.45) is 0 Å².